The molecule has 1 atom stereocenters. The first-order chi connectivity index (χ1) is 18.4. The molecule has 0 fully saturated rings. The van der Waals surface area contributed by atoms with Crippen LogP contribution in [0.5, 0.6) is 17.2 Å². The van der Waals surface area contributed by atoms with Gasteiger partial charge >= 0.3 is 5.97 Å². The number of nitrogens with zero attached hydrogens (tertiary/aromatic N) is 2. The number of rotatable bonds is 10. The van der Waals surface area contributed by atoms with Gasteiger partial charge in [-0.3, -0.25) is 9.36 Å². The van der Waals surface area contributed by atoms with E-state index in [4.69, 9.17) is 14.2 Å². The second kappa shape index (κ2) is 12.1. The number of allylic oxidation sites excluding steroid dienone is 1. The van der Waals surface area contributed by atoms with Gasteiger partial charge in [-0.25, -0.2) is 9.79 Å². The van der Waals surface area contributed by atoms with Gasteiger partial charge in [-0.05, 0) is 61.7 Å². The highest BCUT2D eigenvalue weighted by Crippen LogP contribution is 2.32. The number of phenolic OH excluding ortho intramolecular Hbond substituents is 1. The lowest BCUT2D eigenvalue weighted by Crippen LogP contribution is -2.39. The number of fused-ring (bicyclic) bond motifs is 1. The number of ether oxygens (including phenoxy) is 3. The average molecular weight is 537 g/mol. The van der Waals surface area contributed by atoms with Crippen molar-refractivity contribution in [3.8, 4) is 17.2 Å². The van der Waals surface area contributed by atoms with E-state index in [1.807, 2.05) is 24.3 Å². The molecule has 1 unspecified atom stereocenters. The van der Waals surface area contributed by atoms with E-state index < -0.39 is 12.0 Å². The number of benzene rings is 2. The molecule has 3 aromatic rings. The quantitative estimate of drug-likeness (QED) is 0.310. The van der Waals surface area contributed by atoms with Crippen molar-refractivity contribution < 1.29 is 24.1 Å². The first-order valence-corrected chi connectivity index (χ1v) is 13.5. The highest BCUT2D eigenvalue weighted by Gasteiger charge is 2.33. The smallest absolute Gasteiger partial charge is 0.338 e. The molecule has 1 aliphatic heterocycles. The monoisotopic (exact) mass is 536 g/mol. The van der Waals surface area contributed by atoms with Crippen molar-refractivity contribution in [3.05, 3.63) is 84.5 Å². The Morgan fingerprint density at radius 2 is 1.92 bits per heavy atom. The highest BCUT2D eigenvalue weighted by atomic mass is 32.1. The van der Waals surface area contributed by atoms with Crippen LogP contribution in [-0.2, 0) is 9.53 Å². The summed E-state index contributed by atoms with van der Waals surface area (Å²) in [7, 11) is 1.47. The lowest BCUT2D eigenvalue weighted by atomic mass is 9.96. The predicted molar refractivity (Wildman–Crippen MR) is 147 cm³/mol. The molecule has 0 spiro atoms. The summed E-state index contributed by atoms with van der Waals surface area (Å²) in [6, 6.07) is 11.6. The summed E-state index contributed by atoms with van der Waals surface area (Å²) in [5.41, 5.74) is 2.00. The van der Waals surface area contributed by atoms with Crippen molar-refractivity contribution in [1.29, 1.82) is 0 Å². The summed E-state index contributed by atoms with van der Waals surface area (Å²) in [6.07, 6.45) is 4.93. The van der Waals surface area contributed by atoms with Crippen LogP contribution in [0.25, 0.3) is 6.08 Å². The van der Waals surface area contributed by atoms with E-state index in [1.54, 1.807) is 36.6 Å². The number of methoxy groups -OCH3 is 1. The summed E-state index contributed by atoms with van der Waals surface area (Å²) >= 11 is 1.24. The minimum Gasteiger partial charge on any atom is -0.504 e. The third-order valence-corrected chi connectivity index (χ3v) is 7.21. The summed E-state index contributed by atoms with van der Waals surface area (Å²) in [4.78, 5) is 31.9. The summed E-state index contributed by atoms with van der Waals surface area (Å²) < 4.78 is 18.4. The van der Waals surface area contributed by atoms with Crippen molar-refractivity contribution in [2.45, 2.75) is 46.1 Å². The highest BCUT2D eigenvalue weighted by molar-refractivity contribution is 7.07. The lowest BCUT2D eigenvalue weighted by molar-refractivity contribution is -0.139. The normalized spacial score (nSPS) is 15.2. The maximum Gasteiger partial charge on any atom is 0.338 e. The Kier molecular flexibility index (Phi) is 8.68. The van der Waals surface area contributed by atoms with Gasteiger partial charge in [0, 0.05) is 0 Å². The molecule has 1 aliphatic rings. The molecular weight excluding hydrogens is 504 g/mol. The van der Waals surface area contributed by atoms with Gasteiger partial charge in [0.15, 0.2) is 16.3 Å². The van der Waals surface area contributed by atoms with Crippen molar-refractivity contribution >= 4 is 23.4 Å². The van der Waals surface area contributed by atoms with Crippen LogP contribution in [0.4, 0.5) is 0 Å². The van der Waals surface area contributed by atoms with Crippen LogP contribution in [0, 0.1) is 0 Å². The van der Waals surface area contributed by atoms with Crippen molar-refractivity contribution in [2.75, 3.05) is 20.3 Å². The Morgan fingerprint density at radius 1 is 1.16 bits per heavy atom. The van der Waals surface area contributed by atoms with Crippen LogP contribution in [0.2, 0.25) is 0 Å². The Labute approximate surface area is 225 Å². The SMILES string of the molecule is CCCCCOc1ccc(C2C(C(=O)OCC)=C(C)N=c3sc(=Cc4ccc(O)c(OC)c4)c(=O)n32)cc1. The predicted octanol–water partition coefficient (Wildman–Crippen LogP) is 4.08. The van der Waals surface area contributed by atoms with Gasteiger partial charge in [-0.2, -0.15) is 0 Å². The topological polar surface area (TPSA) is 99.4 Å². The largest absolute Gasteiger partial charge is 0.504 e. The minimum absolute atomic E-state index is 0.0126. The van der Waals surface area contributed by atoms with Gasteiger partial charge in [0.05, 0.1) is 42.2 Å². The first-order valence-electron chi connectivity index (χ1n) is 12.7. The number of aromatic hydroxyl groups is 1. The van der Waals surface area contributed by atoms with Crippen LogP contribution < -0.4 is 24.4 Å². The van der Waals surface area contributed by atoms with Crippen LogP contribution >= 0.6 is 11.3 Å². The molecule has 0 bridgehead atoms. The Hall–Kier alpha value is -3.85. The Bertz CT molecular complexity index is 1520. The van der Waals surface area contributed by atoms with Crippen LogP contribution in [0.1, 0.15) is 57.2 Å². The number of hydrogen-bond donors (Lipinski definition) is 1. The molecular formula is C29H32N2O6S. The van der Waals surface area contributed by atoms with Gasteiger partial charge in [0.25, 0.3) is 5.56 Å². The van der Waals surface area contributed by atoms with Crippen molar-refractivity contribution in [2.24, 2.45) is 4.99 Å². The molecule has 0 aliphatic carbocycles. The third kappa shape index (κ3) is 5.67. The van der Waals surface area contributed by atoms with Gasteiger partial charge in [0.1, 0.15) is 5.75 Å². The second-order valence-corrected chi connectivity index (χ2v) is 9.87. The third-order valence-electron chi connectivity index (χ3n) is 6.23. The molecule has 200 valence electrons. The Balaban J connectivity index is 1.80. The molecule has 0 saturated carbocycles. The summed E-state index contributed by atoms with van der Waals surface area (Å²) in [5.74, 6) is 0.550. The number of thiazole rings is 1. The zero-order valence-electron chi connectivity index (χ0n) is 22.0. The second-order valence-electron chi connectivity index (χ2n) is 8.86. The zero-order chi connectivity index (χ0) is 27.2. The van der Waals surface area contributed by atoms with Gasteiger partial charge < -0.3 is 19.3 Å². The molecule has 9 heteroatoms. The number of esters is 1. The minimum atomic E-state index is -0.698. The van der Waals surface area contributed by atoms with Crippen molar-refractivity contribution in [3.63, 3.8) is 0 Å². The molecule has 2 heterocycles. The number of aromatic nitrogens is 1. The fraction of sp³-hybridized carbons (Fsp3) is 0.345. The fourth-order valence-electron chi connectivity index (χ4n) is 4.33. The maximum absolute atomic E-state index is 13.7. The molecule has 0 saturated heterocycles. The average Bonchev–Trinajstić information content (AvgIpc) is 3.21. The number of hydrogen-bond acceptors (Lipinski definition) is 8. The molecule has 1 aromatic heterocycles. The van der Waals surface area contributed by atoms with E-state index in [0.29, 0.717) is 38.5 Å². The van der Waals surface area contributed by atoms with E-state index in [0.717, 1.165) is 30.6 Å². The van der Waals surface area contributed by atoms with E-state index in [9.17, 15) is 14.7 Å². The number of unbranched alkanes of at least 4 members (excludes halogenated alkanes) is 2. The molecule has 1 N–H and O–H groups in total. The van der Waals surface area contributed by atoms with Gasteiger partial charge in [-0.1, -0.05) is 49.3 Å². The zero-order valence-corrected chi connectivity index (χ0v) is 22.8. The van der Waals surface area contributed by atoms with E-state index in [1.165, 1.54) is 24.5 Å². The molecule has 2 aromatic carbocycles. The lowest BCUT2D eigenvalue weighted by Gasteiger charge is -2.24. The Morgan fingerprint density at radius 3 is 2.61 bits per heavy atom. The molecule has 38 heavy (non-hydrogen) atoms. The van der Waals surface area contributed by atoms with E-state index in [-0.39, 0.29) is 17.9 Å². The summed E-state index contributed by atoms with van der Waals surface area (Å²) in [6.45, 7) is 6.49. The number of carbonyl (C=O) groups is 1. The molecule has 0 radical (unpaired) electrons. The van der Waals surface area contributed by atoms with Crippen LogP contribution in [0.15, 0.2) is 63.5 Å². The number of phenols is 1. The molecule has 0 amide bonds. The maximum atomic E-state index is 13.7. The van der Waals surface area contributed by atoms with Gasteiger partial charge in [0.2, 0.25) is 0 Å². The van der Waals surface area contributed by atoms with E-state index >= 15 is 0 Å². The standard InChI is InChI=1S/C29H32N2O6S/c1-5-7-8-15-37-21-12-10-20(11-13-21)26-25(28(34)36-6-2)18(3)30-29-31(26)27(33)24(38-29)17-19-9-14-22(32)23(16-19)35-4/h9-14,16-17,26,32H,5-8,15H2,1-4H3. The summed E-state index contributed by atoms with van der Waals surface area (Å²) in [5, 5.41) is 9.92. The fourth-order valence-corrected chi connectivity index (χ4v) is 5.38. The first kappa shape index (κ1) is 27.2. The van der Waals surface area contributed by atoms with Crippen LogP contribution in [-0.4, -0.2) is 36.0 Å². The van der Waals surface area contributed by atoms with Crippen LogP contribution in [0.3, 0.4) is 0 Å². The molecule has 4 rings (SSSR count). The van der Waals surface area contributed by atoms with Crippen molar-refractivity contribution in [1.82, 2.24) is 4.57 Å². The van der Waals surface area contributed by atoms with E-state index in [2.05, 4.69) is 11.9 Å². The molecule has 8 nitrogen and oxygen atoms in total. The van der Waals surface area contributed by atoms with Gasteiger partial charge in [-0.15, -0.1) is 0 Å². The number of carbonyl (C=O) groups excluding carboxylic acids is 1.